The first-order chi connectivity index (χ1) is 8.54. The molecule has 0 aromatic heterocycles. The molecule has 2 rings (SSSR count). The summed E-state index contributed by atoms with van der Waals surface area (Å²) in [4.78, 5) is 11.0. The standard InChI is InChI=1S/C12H13ClO5/c1-2-7(12(15)16)10(14)6-3-8(13)11-9(4-6)17-5-18-11/h3-4,7,10,14H,2,5H2,1H3,(H,15,16). The van der Waals surface area contributed by atoms with Gasteiger partial charge in [0.05, 0.1) is 17.0 Å². The smallest absolute Gasteiger partial charge is 0.309 e. The van der Waals surface area contributed by atoms with E-state index in [4.69, 9.17) is 26.2 Å². The lowest BCUT2D eigenvalue weighted by Crippen LogP contribution is -2.21. The van der Waals surface area contributed by atoms with Gasteiger partial charge >= 0.3 is 5.97 Å². The second-order valence-corrected chi connectivity index (χ2v) is 4.44. The van der Waals surface area contributed by atoms with Crippen molar-refractivity contribution in [3.8, 4) is 11.5 Å². The number of benzene rings is 1. The zero-order valence-electron chi connectivity index (χ0n) is 9.72. The number of hydrogen-bond acceptors (Lipinski definition) is 4. The van der Waals surface area contributed by atoms with Crippen LogP contribution in [0.1, 0.15) is 25.0 Å². The molecule has 0 amide bonds. The summed E-state index contributed by atoms with van der Waals surface area (Å²) in [7, 11) is 0. The number of aliphatic hydroxyl groups is 1. The van der Waals surface area contributed by atoms with Gasteiger partial charge in [-0.25, -0.2) is 0 Å². The number of carboxylic acid groups (broad SMARTS) is 1. The molecule has 0 aliphatic carbocycles. The van der Waals surface area contributed by atoms with Crippen LogP contribution < -0.4 is 9.47 Å². The number of aliphatic carboxylic acids is 1. The highest BCUT2D eigenvalue weighted by atomic mass is 35.5. The van der Waals surface area contributed by atoms with E-state index in [1.807, 2.05) is 0 Å². The topological polar surface area (TPSA) is 76.0 Å². The fourth-order valence-electron chi connectivity index (χ4n) is 1.92. The zero-order valence-corrected chi connectivity index (χ0v) is 10.5. The van der Waals surface area contributed by atoms with E-state index >= 15 is 0 Å². The SMILES string of the molecule is CCC(C(=O)O)C(O)c1cc(Cl)c2c(c1)OCO2. The molecule has 2 atom stereocenters. The predicted molar refractivity (Wildman–Crippen MR) is 64.0 cm³/mol. The third-order valence-electron chi connectivity index (χ3n) is 2.93. The molecule has 98 valence electrons. The van der Waals surface area contributed by atoms with Gasteiger partial charge in [0.15, 0.2) is 11.5 Å². The highest BCUT2D eigenvalue weighted by Gasteiger charge is 2.28. The van der Waals surface area contributed by atoms with Crippen molar-refractivity contribution >= 4 is 17.6 Å². The lowest BCUT2D eigenvalue weighted by atomic mass is 9.93. The predicted octanol–water partition coefficient (Wildman–Crippen LogP) is 2.21. The summed E-state index contributed by atoms with van der Waals surface area (Å²) in [6.07, 6.45) is -0.803. The minimum atomic E-state index is -1.13. The molecular formula is C12H13ClO5. The van der Waals surface area contributed by atoms with Crippen LogP contribution in [-0.2, 0) is 4.79 Å². The van der Waals surface area contributed by atoms with E-state index < -0.39 is 18.0 Å². The van der Waals surface area contributed by atoms with Crippen LogP contribution in [0.25, 0.3) is 0 Å². The van der Waals surface area contributed by atoms with Gasteiger partial charge < -0.3 is 19.7 Å². The molecule has 0 saturated carbocycles. The molecule has 0 bridgehead atoms. The Kier molecular flexibility index (Phi) is 3.63. The Balaban J connectivity index is 2.34. The summed E-state index contributed by atoms with van der Waals surface area (Å²) >= 11 is 5.98. The summed E-state index contributed by atoms with van der Waals surface area (Å²) in [6.45, 7) is 1.78. The van der Waals surface area contributed by atoms with Crippen molar-refractivity contribution in [2.45, 2.75) is 19.4 Å². The maximum Gasteiger partial charge on any atom is 0.309 e. The summed E-state index contributed by atoms with van der Waals surface area (Å²) in [5, 5.41) is 19.4. The van der Waals surface area contributed by atoms with Crippen molar-refractivity contribution in [1.82, 2.24) is 0 Å². The van der Waals surface area contributed by atoms with E-state index in [1.54, 1.807) is 13.0 Å². The second kappa shape index (κ2) is 5.04. The lowest BCUT2D eigenvalue weighted by Gasteiger charge is -2.18. The number of carboxylic acids is 1. The molecule has 18 heavy (non-hydrogen) atoms. The van der Waals surface area contributed by atoms with Gasteiger partial charge in [-0.05, 0) is 24.1 Å². The molecule has 0 fully saturated rings. The van der Waals surface area contributed by atoms with Gasteiger partial charge in [-0.1, -0.05) is 18.5 Å². The van der Waals surface area contributed by atoms with Gasteiger partial charge in [-0.15, -0.1) is 0 Å². The molecule has 5 nitrogen and oxygen atoms in total. The summed E-state index contributed by atoms with van der Waals surface area (Å²) in [5.41, 5.74) is 0.415. The van der Waals surface area contributed by atoms with E-state index in [-0.39, 0.29) is 6.79 Å². The lowest BCUT2D eigenvalue weighted by molar-refractivity contribution is -0.146. The average molecular weight is 273 g/mol. The highest BCUT2D eigenvalue weighted by Crippen LogP contribution is 2.42. The Bertz CT molecular complexity index is 474. The summed E-state index contributed by atoms with van der Waals surface area (Å²) < 4.78 is 10.3. The van der Waals surface area contributed by atoms with Crippen LogP contribution in [0, 0.1) is 5.92 Å². The molecule has 0 radical (unpaired) electrons. The fraction of sp³-hybridized carbons (Fsp3) is 0.417. The fourth-order valence-corrected chi connectivity index (χ4v) is 2.20. The Hall–Kier alpha value is -1.46. The van der Waals surface area contributed by atoms with Gasteiger partial charge in [-0.2, -0.15) is 0 Å². The third kappa shape index (κ3) is 2.23. The van der Waals surface area contributed by atoms with Gasteiger partial charge in [0.1, 0.15) is 0 Å². The Morgan fingerprint density at radius 3 is 2.83 bits per heavy atom. The van der Waals surface area contributed by atoms with Crippen LogP contribution in [0.5, 0.6) is 11.5 Å². The first-order valence-corrected chi connectivity index (χ1v) is 5.92. The van der Waals surface area contributed by atoms with Crippen LogP contribution in [0.4, 0.5) is 0 Å². The van der Waals surface area contributed by atoms with E-state index in [0.29, 0.717) is 28.5 Å². The molecule has 0 spiro atoms. The van der Waals surface area contributed by atoms with Crippen LogP contribution in [0.2, 0.25) is 5.02 Å². The van der Waals surface area contributed by atoms with Crippen molar-refractivity contribution in [3.05, 3.63) is 22.7 Å². The van der Waals surface area contributed by atoms with Crippen LogP contribution >= 0.6 is 11.6 Å². The van der Waals surface area contributed by atoms with Crippen molar-refractivity contribution in [1.29, 1.82) is 0 Å². The number of aliphatic hydroxyl groups excluding tert-OH is 1. The minimum absolute atomic E-state index is 0.0741. The summed E-state index contributed by atoms with van der Waals surface area (Å²) in [5.74, 6) is -1.06. The molecule has 1 aromatic rings. The average Bonchev–Trinajstić information content (AvgIpc) is 2.77. The number of fused-ring (bicyclic) bond motifs is 1. The Morgan fingerprint density at radius 2 is 2.22 bits per heavy atom. The normalized spacial score (nSPS) is 16.4. The molecule has 1 aliphatic heterocycles. The molecule has 1 heterocycles. The molecule has 2 N–H and O–H groups in total. The van der Waals surface area contributed by atoms with Gasteiger partial charge in [0.2, 0.25) is 6.79 Å². The van der Waals surface area contributed by atoms with Gasteiger partial charge in [0.25, 0.3) is 0 Å². The molecule has 1 aromatic carbocycles. The van der Waals surface area contributed by atoms with E-state index in [9.17, 15) is 9.90 Å². The number of hydrogen-bond donors (Lipinski definition) is 2. The van der Waals surface area contributed by atoms with Crippen molar-refractivity contribution < 1.29 is 24.5 Å². The quantitative estimate of drug-likeness (QED) is 0.879. The second-order valence-electron chi connectivity index (χ2n) is 4.03. The van der Waals surface area contributed by atoms with Gasteiger partial charge in [0, 0.05) is 0 Å². The van der Waals surface area contributed by atoms with Crippen molar-refractivity contribution in [2.75, 3.05) is 6.79 Å². The zero-order chi connectivity index (χ0) is 13.3. The van der Waals surface area contributed by atoms with E-state index in [2.05, 4.69) is 0 Å². The van der Waals surface area contributed by atoms with Gasteiger partial charge in [-0.3, -0.25) is 4.79 Å². The maximum atomic E-state index is 11.0. The highest BCUT2D eigenvalue weighted by molar-refractivity contribution is 6.32. The minimum Gasteiger partial charge on any atom is -0.481 e. The third-order valence-corrected chi connectivity index (χ3v) is 3.21. The van der Waals surface area contributed by atoms with Crippen molar-refractivity contribution in [2.24, 2.45) is 5.92 Å². The largest absolute Gasteiger partial charge is 0.481 e. The maximum absolute atomic E-state index is 11.0. The molecule has 6 heteroatoms. The number of halogens is 1. The number of carbonyl (C=O) groups is 1. The Morgan fingerprint density at radius 1 is 1.50 bits per heavy atom. The Labute approximate surface area is 109 Å². The molecule has 2 unspecified atom stereocenters. The molecular weight excluding hydrogens is 260 g/mol. The van der Waals surface area contributed by atoms with Crippen LogP contribution in [-0.4, -0.2) is 23.0 Å². The number of rotatable bonds is 4. The van der Waals surface area contributed by atoms with E-state index in [0.717, 1.165) is 0 Å². The van der Waals surface area contributed by atoms with E-state index in [1.165, 1.54) is 6.07 Å². The monoisotopic (exact) mass is 272 g/mol. The number of ether oxygens (including phenoxy) is 2. The first kappa shape index (κ1) is 13.0. The molecule has 0 saturated heterocycles. The summed E-state index contributed by atoms with van der Waals surface area (Å²) in [6, 6.07) is 3.07. The van der Waals surface area contributed by atoms with Crippen LogP contribution in [0.15, 0.2) is 12.1 Å². The molecule has 1 aliphatic rings. The van der Waals surface area contributed by atoms with Crippen LogP contribution in [0.3, 0.4) is 0 Å². The van der Waals surface area contributed by atoms with Crippen molar-refractivity contribution in [3.63, 3.8) is 0 Å². The first-order valence-electron chi connectivity index (χ1n) is 5.54.